The van der Waals surface area contributed by atoms with Crippen molar-refractivity contribution >= 4 is 11.3 Å². The predicted octanol–water partition coefficient (Wildman–Crippen LogP) is 5.64. The van der Waals surface area contributed by atoms with Crippen LogP contribution in [0.25, 0.3) is 21.6 Å². The molecule has 0 N–H and O–H groups in total. The van der Waals surface area contributed by atoms with E-state index in [-0.39, 0.29) is 0 Å². The first-order chi connectivity index (χ1) is 9.40. The molecule has 19 heavy (non-hydrogen) atoms. The minimum absolute atomic E-state index is 1.08. The highest BCUT2D eigenvalue weighted by Gasteiger charge is 2.13. The Labute approximate surface area is 118 Å². The van der Waals surface area contributed by atoms with Gasteiger partial charge < -0.3 is 0 Å². The van der Waals surface area contributed by atoms with Gasteiger partial charge in [-0.15, -0.1) is 11.3 Å². The van der Waals surface area contributed by atoms with E-state index in [1.54, 1.807) is 0 Å². The summed E-state index contributed by atoms with van der Waals surface area (Å²) in [5.74, 6) is 0. The molecule has 0 radical (unpaired) electrons. The van der Waals surface area contributed by atoms with Crippen LogP contribution in [-0.4, -0.2) is 0 Å². The normalized spacial score (nSPS) is 10.6. The van der Waals surface area contributed by atoms with Gasteiger partial charge in [0.05, 0.1) is 0 Å². The molecule has 0 fully saturated rings. The van der Waals surface area contributed by atoms with Crippen LogP contribution in [0, 0.1) is 0 Å². The molecule has 0 aliphatic carbocycles. The van der Waals surface area contributed by atoms with Crippen LogP contribution >= 0.6 is 11.3 Å². The zero-order chi connectivity index (χ0) is 13.1. The lowest BCUT2D eigenvalue weighted by Gasteiger charge is -2.07. The van der Waals surface area contributed by atoms with Gasteiger partial charge in [-0.1, -0.05) is 67.6 Å². The maximum absolute atomic E-state index is 2.30. The Kier molecular flexibility index (Phi) is 3.47. The van der Waals surface area contributed by atoms with Crippen LogP contribution in [0.15, 0.2) is 66.0 Å². The fourth-order valence-corrected chi connectivity index (χ4v) is 3.56. The Hall–Kier alpha value is -1.86. The van der Waals surface area contributed by atoms with Crippen molar-refractivity contribution < 1.29 is 0 Å². The molecule has 2 aromatic carbocycles. The Morgan fingerprint density at radius 2 is 1.37 bits per heavy atom. The van der Waals surface area contributed by atoms with E-state index in [1.807, 2.05) is 11.3 Å². The van der Waals surface area contributed by atoms with Gasteiger partial charge in [-0.3, -0.25) is 0 Å². The summed E-state index contributed by atoms with van der Waals surface area (Å²) in [6, 6.07) is 21.4. The summed E-state index contributed by atoms with van der Waals surface area (Å²) in [5, 5.41) is 2.30. The highest BCUT2D eigenvalue weighted by molar-refractivity contribution is 7.14. The molecule has 0 unspecified atom stereocenters. The second-order valence-corrected chi connectivity index (χ2v) is 5.43. The molecular formula is C18H16S. The van der Waals surface area contributed by atoms with Crippen LogP contribution in [-0.2, 0) is 6.42 Å². The van der Waals surface area contributed by atoms with Gasteiger partial charge in [0, 0.05) is 10.4 Å². The van der Waals surface area contributed by atoms with E-state index in [0.717, 1.165) is 6.42 Å². The van der Waals surface area contributed by atoms with Crippen molar-refractivity contribution in [3.63, 3.8) is 0 Å². The molecule has 0 nitrogen and oxygen atoms in total. The van der Waals surface area contributed by atoms with Crippen molar-refractivity contribution in [2.75, 3.05) is 0 Å². The van der Waals surface area contributed by atoms with Gasteiger partial charge >= 0.3 is 0 Å². The predicted molar refractivity (Wildman–Crippen MR) is 84.6 cm³/mol. The second kappa shape index (κ2) is 5.41. The molecule has 94 valence electrons. The molecule has 0 saturated heterocycles. The maximum Gasteiger partial charge on any atom is 0.0423 e. The molecule has 0 saturated carbocycles. The smallest absolute Gasteiger partial charge is 0.0423 e. The Morgan fingerprint density at radius 3 is 1.95 bits per heavy atom. The van der Waals surface area contributed by atoms with Crippen molar-refractivity contribution in [2.24, 2.45) is 0 Å². The zero-order valence-corrected chi connectivity index (χ0v) is 11.8. The average molecular weight is 264 g/mol. The lowest BCUT2D eigenvalue weighted by atomic mass is 9.97. The Morgan fingerprint density at radius 1 is 0.789 bits per heavy atom. The second-order valence-electron chi connectivity index (χ2n) is 4.55. The highest BCUT2D eigenvalue weighted by atomic mass is 32.1. The molecule has 1 heterocycles. The summed E-state index contributed by atoms with van der Waals surface area (Å²) in [5.41, 5.74) is 5.47. The molecular weight excluding hydrogens is 248 g/mol. The van der Waals surface area contributed by atoms with Gasteiger partial charge in [-0.05, 0) is 28.5 Å². The summed E-state index contributed by atoms with van der Waals surface area (Å²) in [4.78, 5) is 1.38. The summed E-state index contributed by atoms with van der Waals surface area (Å²) >= 11 is 1.85. The molecule has 3 aromatic rings. The molecule has 0 spiro atoms. The standard InChI is InChI=1S/C18H16S/c1-2-14-13-19-18(16-11-7-4-8-12-16)17(14)15-9-5-3-6-10-15/h3-13H,2H2,1H3. The number of hydrogen-bond donors (Lipinski definition) is 0. The van der Waals surface area contributed by atoms with E-state index in [2.05, 4.69) is 73.0 Å². The number of hydrogen-bond acceptors (Lipinski definition) is 1. The van der Waals surface area contributed by atoms with E-state index in [0.29, 0.717) is 0 Å². The van der Waals surface area contributed by atoms with Crippen molar-refractivity contribution in [1.29, 1.82) is 0 Å². The molecule has 0 aliphatic rings. The van der Waals surface area contributed by atoms with Gasteiger partial charge in [0.2, 0.25) is 0 Å². The molecule has 1 heteroatoms. The van der Waals surface area contributed by atoms with Gasteiger partial charge in [0.15, 0.2) is 0 Å². The fourth-order valence-electron chi connectivity index (χ4n) is 2.38. The van der Waals surface area contributed by atoms with Crippen LogP contribution in [0.4, 0.5) is 0 Å². The van der Waals surface area contributed by atoms with Crippen molar-refractivity contribution in [2.45, 2.75) is 13.3 Å². The largest absolute Gasteiger partial charge is 0.143 e. The third-order valence-corrected chi connectivity index (χ3v) is 4.42. The maximum atomic E-state index is 2.30. The van der Waals surface area contributed by atoms with E-state index >= 15 is 0 Å². The average Bonchev–Trinajstić information content (AvgIpc) is 2.93. The SMILES string of the molecule is CCc1csc(-c2ccccc2)c1-c1ccccc1. The van der Waals surface area contributed by atoms with Crippen LogP contribution < -0.4 is 0 Å². The quantitative estimate of drug-likeness (QED) is 0.574. The molecule has 0 aliphatic heterocycles. The molecule has 3 rings (SSSR count). The van der Waals surface area contributed by atoms with Crippen molar-refractivity contribution in [3.05, 3.63) is 71.6 Å². The third-order valence-electron chi connectivity index (χ3n) is 3.35. The van der Waals surface area contributed by atoms with Crippen LogP contribution in [0.2, 0.25) is 0 Å². The first kappa shape index (κ1) is 12.2. The van der Waals surface area contributed by atoms with Gasteiger partial charge in [-0.25, -0.2) is 0 Å². The van der Waals surface area contributed by atoms with Gasteiger partial charge in [0.25, 0.3) is 0 Å². The van der Waals surface area contributed by atoms with Crippen molar-refractivity contribution in [1.82, 2.24) is 0 Å². The number of rotatable bonds is 3. The van der Waals surface area contributed by atoms with E-state index < -0.39 is 0 Å². The minimum atomic E-state index is 1.08. The number of thiophene rings is 1. The summed E-state index contributed by atoms with van der Waals surface area (Å²) < 4.78 is 0. The first-order valence-corrected chi connectivity index (χ1v) is 7.49. The lowest BCUT2D eigenvalue weighted by molar-refractivity contribution is 1.16. The van der Waals surface area contributed by atoms with E-state index in [4.69, 9.17) is 0 Å². The summed E-state index contributed by atoms with van der Waals surface area (Å²) in [6.07, 6.45) is 1.08. The molecule has 1 aromatic heterocycles. The van der Waals surface area contributed by atoms with Gasteiger partial charge in [0.1, 0.15) is 0 Å². The van der Waals surface area contributed by atoms with E-state index in [9.17, 15) is 0 Å². The minimum Gasteiger partial charge on any atom is -0.143 e. The number of aryl methyl sites for hydroxylation is 1. The first-order valence-electron chi connectivity index (χ1n) is 6.61. The summed E-state index contributed by atoms with van der Waals surface area (Å²) in [7, 11) is 0. The fraction of sp³-hybridized carbons (Fsp3) is 0.111. The number of benzene rings is 2. The van der Waals surface area contributed by atoms with Gasteiger partial charge in [-0.2, -0.15) is 0 Å². The zero-order valence-electron chi connectivity index (χ0n) is 11.0. The molecule has 0 bridgehead atoms. The summed E-state index contributed by atoms with van der Waals surface area (Å²) in [6.45, 7) is 2.23. The topological polar surface area (TPSA) is 0 Å². The monoisotopic (exact) mass is 264 g/mol. The van der Waals surface area contributed by atoms with Crippen LogP contribution in [0.1, 0.15) is 12.5 Å². The highest BCUT2D eigenvalue weighted by Crippen LogP contribution is 2.40. The Balaban J connectivity index is 2.20. The third kappa shape index (κ3) is 2.34. The molecule has 0 amide bonds. The van der Waals surface area contributed by atoms with E-state index in [1.165, 1.54) is 27.1 Å². The van der Waals surface area contributed by atoms with Crippen LogP contribution in [0.5, 0.6) is 0 Å². The Bertz CT molecular complexity index is 651. The van der Waals surface area contributed by atoms with Crippen LogP contribution in [0.3, 0.4) is 0 Å². The lowest BCUT2D eigenvalue weighted by Crippen LogP contribution is -1.84. The van der Waals surface area contributed by atoms with Crippen molar-refractivity contribution in [3.8, 4) is 21.6 Å². The molecule has 0 atom stereocenters.